The topological polar surface area (TPSA) is 73.9 Å². The van der Waals surface area contributed by atoms with Gasteiger partial charge in [-0.15, -0.1) is 11.8 Å². The maximum Gasteiger partial charge on any atom is 0.407 e. The predicted molar refractivity (Wildman–Crippen MR) is 236 cm³/mol. The lowest BCUT2D eigenvalue weighted by Crippen LogP contribution is -2.45. The van der Waals surface area contributed by atoms with Crippen LogP contribution in [0.1, 0.15) is 56.5 Å². The van der Waals surface area contributed by atoms with Crippen LogP contribution in [0.2, 0.25) is 0 Å². The third kappa shape index (κ3) is 8.38. The summed E-state index contributed by atoms with van der Waals surface area (Å²) < 4.78 is 17.2. The molecular weight excluding hydrogens is 751 g/mol. The molecule has 0 spiro atoms. The van der Waals surface area contributed by atoms with Crippen molar-refractivity contribution < 1.29 is 23.8 Å². The number of esters is 1. The number of hydrogen-bond donors (Lipinski definition) is 1. The zero-order valence-corrected chi connectivity index (χ0v) is 33.8. The van der Waals surface area contributed by atoms with Crippen LogP contribution in [-0.4, -0.2) is 37.6 Å². The molecule has 0 fully saturated rings. The van der Waals surface area contributed by atoms with E-state index in [0.29, 0.717) is 5.75 Å². The number of carbonyl (C=O) groups excluding carboxylic acids is 2. The number of alkyl carbamates (subject to hydrolysis) is 1. The smallest absolute Gasteiger partial charge is 0.407 e. The number of aryl methyl sites for hydroxylation is 1. The number of carbonyl (C=O) groups is 2. The third-order valence-corrected chi connectivity index (χ3v) is 12.6. The molecule has 0 saturated carbocycles. The summed E-state index contributed by atoms with van der Waals surface area (Å²) in [6.07, 6.45) is -1.46. The zero-order chi connectivity index (χ0) is 40.6. The molecular formula is C52H45NO5S. The van der Waals surface area contributed by atoms with Gasteiger partial charge in [-0.1, -0.05) is 181 Å². The van der Waals surface area contributed by atoms with E-state index in [-0.39, 0.29) is 18.3 Å². The molecule has 7 aromatic carbocycles. The molecule has 7 heteroatoms. The van der Waals surface area contributed by atoms with Crippen molar-refractivity contribution in [1.29, 1.82) is 0 Å². The van der Waals surface area contributed by atoms with Crippen LogP contribution in [0.4, 0.5) is 4.79 Å². The zero-order valence-electron chi connectivity index (χ0n) is 33.0. The molecule has 1 aliphatic rings. The molecule has 1 aliphatic carbocycles. The van der Waals surface area contributed by atoms with E-state index in [4.69, 9.17) is 14.2 Å². The molecule has 0 bridgehead atoms. The SMILES string of the molecule is COc1ccc(C(OC(=O)[C@H](CSC(c2ccccc2)(c2ccccc2)c2ccccc2)NC(=O)OCC2c3ccccc3-c3ccccc32)c2ccc(C)cc2)cc1. The lowest BCUT2D eigenvalue weighted by atomic mass is 9.84. The highest BCUT2D eigenvalue weighted by molar-refractivity contribution is 8.00. The van der Waals surface area contributed by atoms with Crippen LogP contribution >= 0.6 is 11.8 Å². The number of benzene rings is 7. The summed E-state index contributed by atoms with van der Waals surface area (Å²) in [6, 6.07) is 61.5. The number of thioether (sulfide) groups is 1. The van der Waals surface area contributed by atoms with Gasteiger partial charge in [0.1, 0.15) is 18.4 Å². The summed E-state index contributed by atoms with van der Waals surface area (Å²) in [5, 5.41) is 2.97. The molecule has 1 amide bonds. The first kappa shape index (κ1) is 39.3. The number of ether oxygens (including phenoxy) is 3. The molecule has 1 N–H and O–H groups in total. The van der Waals surface area contributed by atoms with Crippen LogP contribution in [-0.2, 0) is 19.0 Å². The van der Waals surface area contributed by atoms with Gasteiger partial charge < -0.3 is 19.5 Å². The Kier molecular flexibility index (Phi) is 11.9. The fourth-order valence-electron chi connectivity index (χ4n) is 7.97. The van der Waals surface area contributed by atoms with Crippen molar-refractivity contribution in [2.45, 2.75) is 29.7 Å². The summed E-state index contributed by atoms with van der Waals surface area (Å²) >= 11 is 1.57. The Bertz CT molecular complexity index is 2350. The summed E-state index contributed by atoms with van der Waals surface area (Å²) in [5.74, 6) is 0.115. The lowest BCUT2D eigenvalue weighted by molar-refractivity contribution is -0.149. The maximum absolute atomic E-state index is 14.8. The van der Waals surface area contributed by atoms with Crippen molar-refractivity contribution >= 4 is 23.8 Å². The number of hydrogen-bond acceptors (Lipinski definition) is 6. The van der Waals surface area contributed by atoms with Gasteiger partial charge in [-0.2, -0.15) is 0 Å². The lowest BCUT2D eigenvalue weighted by Gasteiger charge is -2.36. The standard InChI is InChI=1S/C52H45NO5S/c1-36-26-28-37(29-27-36)49(38-30-32-42(56-2)33-31-38)58-50(54)48(53-51(55)57-34-47-45-24-14-12-22-43(45)44-23-13-15-25-46(44)47)35-59-52(39-16-6-3-7-17-39,40-18-8-4-9-19-40)41-20-10-5-11-21-41/h3-33,47-49H,34-35H2,1-2H3,(H,53,55)/t48-,49?/m0/s1. The Labute approximate surface area is 350 Å². The average Bonchev–Trinajstić information content (AvgIpc) is 3.62. The highest BCUT2D eigenvalue weighted by Crippen LogP contribution is 2.49. The van der Waals surface area contributed by atoms with Crippen LogP contribution in [0.15, 0.2) is 188 Å². The monoisotopic (exact) mass is 795 g/mol. The number of methoxy groups -OCH3 is 1. The molecule has 0 radical (unpaired) electrons. The summed E-state index contributed by atoms with van der Waals surface area (Å²) in [5.41, 5.74) is 10.2. The molecule has 0 aliphatic heterocycles. The van der Waals surface area contributed by atoms with Crippen molar-refractivity contribution in [2.24, 2.45) is 0 Å². The fourth-order valence-corrected chi connectivity index (χ4v) is 9.52. The first-order chi connectivity index (χ1) is 28.9. The second-order valence-electron chi connectivity index (χ2n) is 14.6. The van der Waals surface area contributed by atoms with E-state index in [1.807, 2.05) is 134 Å². The Morgan fingerprint density at radius 1 is 0.610 bits per heavy atom. The van der Waals surface area contributed by atoms with Gasteiger partial charge in [0.2, 0.25) is 0 Å². The number of fused-ring (bicyclic) bond motifs is 3. The fraction of sp³-hybridized carbons (Fsp3) is 0.154. The Morgan fingerprint density at radius 2 is 1.07 bits per heavy atom. The average molecular weight is 796 g/mol. The van der Waals surface area contributed by atoms with Crippen molar-refractivity contribution in [3.8, 4) is 16.9 Å². The maximum atomic E-state index is 14.8. The molecule has 0 saturated heterocycles. The van der Waals surface area contributed by atoms with Gasteiger partial charge >= 0.3 is 12.1 Å². The minimum absolute atomic E-state index is 0.106. The minimum atomic E-state index is -1.10. The number of nitrogens with one attached hydrogen (secondary N) is 1. The molecule has 59 heavy (non-hydrogen) atoms. The van der Waals surface area contributed by atoms with E-state index < -0.39 is 29.0 Å². The normalized spacial score (nSPS) is 13.1. The van der Waals surface area contributed by atoms with E-state index in [1.165, 1.54) is 0 Å². The first-order valence-electron chi connectivity index (χ1n) is 19.8. The predicted octanol–water partition coefficient (Wildman–Crippen LogP) is 11.3. The van der Waals surface area contributed by atoms with Gasteiger partial charge in [0.25, 0.3) is 0 Å². The van der Waals surface area contributed by atoms with E-state index in [1.54, 1.807) is 18.9 Å². The molecule has 8 rings (SSSR count). The van der Waals surface area contributed by atoms with Crippen LogP contribution in [0.3, 0.4) is 0 Å². The van der Waals surface area contributed by atoms with Gasteiger partial charge in [-0.05, 0) is 69.1 Å². The van der Waals surface area contributed by atoms with Gasteiger partial charge in [0, 0.05) is 11.7 Å². The molecule has 0 aromatic heterocycles. The summed E-state index contributed by atoms with van der Waals surface area (Å²) in [6.45, 7) is 2.12. The summed E-state index contributed by atoms with van der Waals surface area (Å²) in [7, 11) is 1.62. The third-order valence-electron chi connectivity index (χ3n) is 11.0. The Morgan fingerprint density at radius 3 is 1.56 bits per heavy atom. The highest BCUT2D eigenvalue weighted by atomic mass is 32.2. The van der Waals surface area contributed by atoms with Crippen molar-refractivity contribution in [2.75, 3.05) is 19.5 Å². The first-order valence-corrected chi connectivity index (χ1v) is 20.8. The van der Waals surface area contributed by atoms with Crippen molar-refractivity contribution in [3.05, 3.63) is 233 Å². The number of rotatable bonds is 14. The van der Waals surface area contributed by atoms with E-state index in [2.05, 4.69) is 66.0 Å². The van der Waals surface area contributed by atoms with Gasteiger partial charge in [0.05, 0.1) is 11.9 Å². The van der Waals surface area contributed by atoms with Crippen molar-refractivity contribution in [1.82, 2.24) is 5.32 Å². The van der Waals surface area contributed by atoms with E-state index >= 15 is 0 Å². The molecule has 0 heterocycles. The van der Waals surface area contributed by atoms with Gasteiger partial charge in [-0.25, -0.2) is 9.59 Å². The van der Waals surface area contributed by atoms with Crippen LogP contribution in [0.25, 0.3) is 11.1 Å². The Balaban J connectivity index is 1.14. The highest BCUT2D eigenvalue weighted by Gasteiger charge is 2.40. The van der Waals surface area contributed by atoms with Crippen LogP contribution in [0, 0.1) is 6.92 Å². The quantitative estimate of drug-likeness (QED) is 0.0873. The summed E-state index contributed by atoms with van der Waals surface area (Å²) in [4.78, 5) is 28.9. The van der Waals surface area contributed by atoms with E-state index in [9.17, 15) is 9.59 Å². The molecule has 6 nitrogen and oxygen atoms in total. The second-order valence-corrected chi connectivity index (χ2v) is 15.8. The van der Waals surface area contributed by atoms with Gasteiger partial charge in [-0.3, -0.25) is 0 Å². The molecule has 2 atom stereocenters. The largest absolute Gasteiger partial charge is 0.497 e. The van der Waals surface area contributed by atoms with Crippen molar-refractivity contribution in [3.63, 3.8) is 0 Å². The second kappa shape index (κ2) is 17.9. The van der Waals surface area contributed by atoms with Gasteiger partial charge in [0.15, 0.2) is 6.10 Å². The minimum Gasteiger partial charge on any atom is -0.497 e. The number of amides is 1. The van der Waals surface area contributed by atoms with E-state index in [0.717, 1.165) is 55.6 Å². The molecule has 1 unspecified atom stereocenters. The molecule has 7 aromatic rings. The Hall–Kier alpha value is -6.57. The van der Waals surface area contributed by atoms with Crippen LogP contribution in [0.5, 0.6) is 5.75 Å². The van der Waals surface area contributed by atoms with Crippen LogP contribution < -0.4 is 10.1 Å². The molecule has 294 valence electrons.